The van der Waals surface area contributed by atoms with Gasteiger partial charge in [-0.25, -0.2) is 0 Å². The van der Waals surface area contributed by atoms with Crippen LogP contribution in [0.2, 0.25) is 0 Å². The van der Waals surface area contributed by atoms with E-state index in [4.69, 9.17) is 15.0 Å². The molecule has 0 bridgehead atoms. The number of nitrogens with one attached hydrogen (secondary N) is 2. The summed E-state index contributed by atoms with van der Waals surface area (Å²) >= 11 is 0. The molecule has 10 nitrogen and oxygen atoms in total. The maximum atomic E-state index is 6.05. The van der Waals surface area contributed by atoms with Crippen molar-refractivity contribution in [1.82, 2.24) is 29.9 Å². The van der Waals surface area contributed by atoms with Gasteiger partial charge in [-0.15, -0.1) is 0 Å². The van der Waals surface area contributed by atoms with Gasteiger partial charge in [-0.2, -0.15) is 15.1 Å². The Balaban J connectivity index is 1.54. The molecule has 0 atom stereocenters. The van der Waals surface area contributed by atoms with Crippen molar-refractivity contribution in [3.05, 3.63) is 35.3 Å². The Hall–Kier alpha value is -4.08. The van der Waals surface area contributed by atoms with E-state index >= 15 is 0 Å². The molecule has 1 saturated carbocycles. The second-order valence-electron chi connectivity index (χ2n) is 8.55. The summed E-state index contributed by atoms with van der Waals surface area (Å²) in [6.45, 7) is 3.81. The van der Waals surface area contributed by atoms with Crippen LogP contribution in [-0.4, -0.2) is 37.0 Å². The first kappa shape index (κ1) is 19.6. The van der Waals surface area contributed by atoms with E-state index in [-0.39, 0.29) is 5.95 Å². The number of hydrogen-bond donors (Lipinski definition) is 3. The molecular weight excluding hydrogens is 420 g/mol. The molecule has 6 rings (SSSR count). The lowest BCUT2D eigenvalue weighted by Gasteiger charge is -2.10. The Morgan fingerprint density at radius 3 is 2.73 bits per heavy atom. The number of aromatic nitrogens is 6. The Bertz CT molecular complexity index is 1520. The number of methoxy groups -OCH3 is 1. The van der Waals surface area contributed by atoms with Gasteiger partial charge in [0.15, 0.2) is 0 Å². The number of fused-ring (bicyclic) bond motifs is 3. The summed E-state index contributed by atoms with van der Waals surface area (Å²) in [7, 11) is 3.57. The van der Waals surface area contributed by atoms with Crippen LogP contribution in [0.1, 0.15) is 35.9 Å². The molecule has 0 amide bonds. The van der Waals surface area contributed by atoms with Crippen molar-refractivity contribution in [3.63, 3.8) is 0 Å². The van der Waals surface area contributed by atoms with Crippen molar-refractivity contribution in [2.24, 2.45) is 7.05 Å². The number of nitrogens with zero attached hydrogens (tertiary/aromatic N) is 5. The van der Waals surface area contributed by atoms with Crippen LogP contribution in [0.5, 0.6) is 5.75 Å². The van der Waals surface area contributed by atoms with Crippen molar-refractivity contribution in [2.45, 2.75) is 32.6 Å². The van der Waals surface area contributed by atoms with Gasteiger partial charge < -0.3 is 25.3 Å². The van der Waals surface area contributed by atoms with Gasteiger partial charge in [-0.3, -0.25) is 4.68 Å². The first-order valence-corrected chi connectivity index (χ1v) is 10.8. The average Bonchev–Trinajstić information content (AvgIpc) is 3.37. The van der Waals surface area contributed by atoms with E-state index < -0.39 is 0 Å². The number of nitrogens with two attached hydrogens (primary N) is 1. The van der Waals surface area contributed by atoms with Gasteiger partial charge in [-0.05, 0) is 38.8 Å². The Labute approximate surface area is 189 Å². The van der Waals surface area contributed by atoms with Gasteiger partial charge in [0.2, 0.25) is 5.95 Å². The van der Waals surface area contributed by atoms with E-state index in [0.717, 1.165) is 50.4 Å². The predicted molar refractivity (Wildman–Crippen MR) is 126 cm³/mol. The fraction of sp³-hybridized carbons (Fsp3) is 0.304. The number of H-pyrrole nitrogens is 1. The lowest BCUT2D eigenvalue weighted by molar-refractivity contribution is 0.393. The molecule has 33 heavy (non-hydrogen) atoms. The highest BCUT2D eigenvalue weighted by Crippen LogP contribution is 2.42. The first-order valence-electron chi connectivity index (χ1n) is 10.8. The van der Waals surface area contributed by atoms with Gasteiger partial charge in [0, 0.05) is 35.5 Å². The third-order valence-electron chi connectivity index (χ3n) is 6.23. The molecule has 1 aliphatic carbocycles. The molecule has 168 valence electrons. The van der Waals surface area contributed by atoms with Crippen molar-refractivity contribution in [3.8, 4) is 16.9 Å². The average molecular weight is 444 g/mol. The first-order chi connectivity index (χ1) is 15.9. The Morgan fingerprint density at radius 1 is 1.21 bits per heavy atom. The van der Waals surface area contributed by atoms with Gasteiger partial charge in [0.25, 0.3) is 0 Å². The predicted octanol–water partition coefficient (Wildman–Crippen LogP) is 4.33. The number of aryl methyl sites for hydroxylation is 3. The maximum Gasteiger partial charge on any atom is 0.224 e. The van der Waals surface area contributed by atoms with Crippen molar-refractivity contribution in [1.29, 1.82) is 0 Å². The quantitative estimate of drug-likeness (QED) is 0.365. The zero-order chi connectivity index (χ0) is 22.9. The number of aromatic amines is 1. The highest BCUT2D eigenvalue weighted by Gasteiger charge is 2.27. The fourth-order valence-electron chi connectivity index (χ4n) is 4.47. The molecule has 0 saturated heterocycles. The summed E-state index contributed by atoms with van der Waals surface area (Å²) in [5.74, 6) is 3.64. The molecule has 0 radical (unpaired) electrons. The zero-order valence-corrected chi connectivity index (χ0v) is 18.9. The van der Waals surface area contributed by atoms with Crippen LogP contribution in [-0.2, 0) is 7.05 Å². The highest BCUT2D eigenvalue weighted by atomic mass is 16.5. The summed E-state index contributed by atoms with van der Waals surface area (Å²) in [4.78, 5) is 12.3. The van der Waals surface area contributed by atoms with Crippen LogP contribution in [0.4, 0.5) is 17.6 Å². The summed E-state index contributed by atoms with van der Waals surface area (Å²) in [5.41, 5.74) is 11.3. The summed E-state index contributed by atoms with van der Waals surface area (Å²) in [6, 6.07) is 6.09. The lowest BCUT2D eigenvalue weighted by Crippen LogP contribution is -2.04. The molecule has 4 heterocycles. The normalized spacial score (nSPS) is 13.8. The fourth-order valence-corrected chi connectivity index (χ4v) is 4.47. The lowest BCUT2D eigenvalue weighted by atomic mass is 10.0. The van der Waals surface area contributed by atoms with E-state index in [2.05, 4.69) is 36.6 Å². The molecule has 10 heteroatoms. The Morgan fingerprint density at radius 2 is 2.03 bits per heavy atom. The number of hydrogen-bond acceptors (Lipinski definition) is 8. The van der Waals surface area contributed by atoms with Crippen LogP contribution >= 0.6 is 0 Å². The smallest absolute Gasteiger partial charge is 0.224 e. The van der Waals surface area contributed by atoms with Crippen molar-refractivity contribution >= 4 is 39.5 Å². The minimum Gasteiger partial charge on any atom is -0.496 e. The summed E-state index contributed by atoms with van der Waals surface area (Å²) in [5, 5.41) is 13.9. The van der Waals surface area contributed by atoms with Crippen molar-refractivity contribution < 1.29 is 9.26 Å². The molecule has 1 aromatic carbocycles. The molecule has 1 aliphatic rings. The molecule has 4 aromatic heterocycles. The van der Waals surface area contributed by atoms with Crippen LogP contribution < -0.4 is 15.8 Å². The van der Waals surface area contributed by atoms with Crippen LogP contribution in [0.15, 0.2) is 22.7 Å². The third kappa shape index (κ3) is 3.09. The minimum atomic E-state index is 0.180. The number of benzene rings is 1. The highest BCUT2D eigenvalue weighted by molar-refractivity contribution is 6.13. The van der Waals surface area contributed by atoms with Gasteiger partial charge in [-0.1, -0.05) is 5.16 Å². The van der Waals surface area contributed by atoms with Crippen molar-refractivity contribution in [2.75, 3.05) is 18.2 Å². The second kappa shape index (κ2) is 6.96. The van der Waals surface area contributed by atoms with Gasteiger partial charge in [0.05, 0.1) is 29.4 Å². The van der Waals surface area contributed by atoms with Gasteiger partial charge in [0.1, 0.15) is 28.8 Å². The van der Waals surface area contributed by atoms with E-state index in [1.807, 2.05) is 37.7 Å². The topological polar surface area (TPSA) is 133 Å². The number of ether oxygens (including phenoxy) is 1. The molecule has 5 aromatic rings. The molecule has 1 fully saturated rings. The largest absolute Gasteiger partial charge is 0.496 e. The number of rotatable bonds is 5. The minimum absolute atomic E-state index is 0.180. The molecular formula is C23H24N8O2. The summed E-state index contributed by atoms with van der Waals surface area (Å²) < 4.78 is 13.0. The maximum absolute atomic E-state index is 6.05. The van der Waals surface area contributed by atoms with Crippen LogP contribution in [0, 0.1) is 13.8 Å². The molecule has 4 N–H and O–H groups in total. The van der Waals surface area contributed by atoms with E-state index in [9.17, 15) is 0 Å². The number of nitrogen functional groups attached to an aromatic ring is 1. The van der Waals surface area contributed by atoms with E-state index in [1.54, 1.807) is 7.11 Å². The monoisotopic (exact) mass is 444 g/mol. The number of anilines is 3. The van der Waals surface area contributed by atoms with Gasteiger partial charge >= 0.3 is 0 Å². The third-order valence-corrected chi connectivity index (χ3v) is 6.23. The van der Waals surface area contributed by atoms with Crippen LogP contribution in [0.3, 0.4) is 0 Å². The van der Waals surface area contributed by atoms with Crippen LogP contribution in [0.25, 0.3) is 33.1 Å². The Kier molecular flexibility index (Phi) is 4.13. The van der Waals surface area contributed by atoms with E-state index in [0.29, 0.717) is 23.1 Å². The standard InChI is InChI=1S/C23H24N8O2/c1-10-19(11(2)33-30-10)14-7-16-13(8-17(14)32-4)20-21(25-16)27-23(24)28-22(20)26-18-9-15(12-5-6-12)29-31(18)3/h7-9,12H,5-6H2,1-4H3,(H4,24,25,26,27,28). The molecule has 0 aliphatic heterocycles. The van der Waals surface area contributed by atoms with E-state index in [1.165, 1.54) is 12.8 Å². The SMILES string of the molecule is COc1cc2c(cc1-c1c(C)noc1C)[nH]c1nc(N)nc(Nc3cc(C4CC4)nn3C)c12. The zero-order valence-electron chi connectivity index (χ0n) is 18.9. The molecule has 0 spiro atoms. The molecule has 0 unspecified atom stereocenters. The summed E-state index contributed by atoms with van der Waals surface area (Å²) in [6.07, 6.45) is 2.38. The second-order valence-corrected chi connectivity index (χ2v) is 8.55.